The summed E-state index contributed by atoms with van der Waals surface area (Å²) in [5.41, 5.74) is 2.83. The maximum atomic E-state index is 12.7. The highest BCUT2D eigenvalue weighted by molar-refractivity contribution is 6.31. The van der Waals surface area contributed by atoms with Crippen LogP contribution in [0.3, 0.4) is 0 Å². The summed E-state index contributed by atoms with van der Waals surface area (Å²) in [7, 11) is 0. The molecule has 1 aliphatic rings. The molecule has 1 aromatic heterocycles. The number of nitrogens with one attached hydrogen (secondary N) is 3. The number of carbonyl (C=O) groups excluding carboxylic acids is 2. The largest absolute Gasteiger partial charge is 0.361 e. The number of aryl methyl sites for hydroxylation is 1. The molecule has 0 spiro atoms. The quantitative estimate of drug-likeness (QED) is 0.547. The van der Waals surface area contributed by atoms with Crippen molar-refractivity contribution in [2.24, 2.45) is 5.41 Å². The minimum Gasteiger partial charge on any atom is -0.361 e. The molecule has 2 aromatic carbocycles. The first kappa shape index (κ1) is 18.6. The summed E-state index contributed by atoms with van der Waals surface area (Å²) in [5.74, 6) is -0.466. The van der Waals surface area contributed by atoms with Crippen LogP contribution in [0.25, 0.3) is 10.9 Å². The zero-order chi connectivity index (χ0) is 19.7. The lowest BCUT2D eigenvalue weighted by atomic mass is 10.0. The Hall–Kier alpha value is -2.79. The number of rotatable bonds is 6. The van der Waals surface area contributed by atoms with Crippen LogP contribution in [0.5, 0.6) is 0 Å². The second-order valence-corrected chi connectivity index (χ2v) is 7.80. The minimum absolute atomic E-state index is 0.204. The van der Waals surface area contributed by atoms with E-state index in [1.54, 1.807) is 12.1 Å². The molecule has 3 aromatic rings. The van der Waals surface area contributed by atoms with Crippen molar-refractivity contribution in [2.45, 2.75) is 26.2 Å². The van der Waals surface area contributed by atoms with E-state index in [1.165, 1.54) is 0 Å². The Labute approximate surface area is 168 Å². The van der Waals surface area contributed by atoms with Crippen LogP contribution in [0.15, 0.2) is 48.7 Å². The van der Waals surface area contributed by atoms with Gasteiger partial charge in [0.2, 0.25) is 11.8 Å². The average molecular weight is 396 g/mol. The van der Waals surface area contributed by atoms with E-state index >= 15 is 0 Å². The first-order valence-corrected chi connectivity index (χ1v) is 9.78. The third-order valence-corrected chi connectivity index (χ3v) is 5.66. The van der Waals surface area contributed by atoms with Crippen molar-refractivity contribution >= 4 is 40.0 Å². The van der Waals surface area contributed by atoms with Crippen molar-refractivity contribution in [3.8, 4) is 0 Å². The molecule has 0 unspecified atom stereocenters. The Morgan fingerprint density at radius 3 is 2.71 bits per heavy atom. The number of amides is 2. The Morgan fingerprint density at radius 1 is 1.14 bits per heavy atom. The molecular formula is C22H22ClN3O2. The van der Waals surface area contributed by atoms with Crippen molar-refractivity contribution in [3.63, 3.8) is 0 Å². The van der Waals surface area contributed by atoms with Gasteiger partial charge < -0.3 is 15.6 Å². The Bertz CT molecular complexity index is 1050. The molecule has 2 amide bonds. The SMILES string of the molecule is Cc1ccc(Cl)cc1NC(=O)C1(C(=O)NCCc2c[nH]c3ccccc23)CC1. The first-order valence-electron chi connectivity index (χ1n) is 9.40. The van der Waals surface area contributed by atoms with Crippen LogP contribution in [0, 0.1) is 12.3 Å². The fraction of sp³-hybridized carbons (Fsp3) is 0.273. The number of benzene rings is 2. The van der Waals surface area contributed by atoms with Gasteiger partial charge in [-0.15, -0.1) is 0 Å². The molecule has 0 aliphatic heterocycles. The van der Waals surface area contributed by atoms with E-state index < -0.39 is 5.41 Å². The highest BCUT2D eigenvalue weighted by Gasteiger charge is 2.56. The van der Waals surface area contributed by atoms with Crippen LogP contribution in [0.2, 0.25) is 5.02 Å². The van der Waals surface area contributed by atoms with Crippen LogP contribution < -0.4 is 10.6 Å². The molecule has 0 bridgehead atoms. The number of H-pyrrole nitrogens is 1. The molecule has 0 radical (unpaired) electrons. The lowest BCUT2D eigenvalue weighted by Crippen LogP contribution is -2.40. The third-order valence-electron chi connectivity index (χ3n) is 5.42. The average Bonchev–Trinajstić information content (AvgIpc) is 3.41. The monoisotopic (exact) mass is 395 g/mol. The molecule has 4 rings (SSSR count). The summed E-state index contributed by atoms with van der Waals surface area (Å²) < 4.78 is 0. The van der Waals surface area contributed by atoms with Gasteiger partial charge in [0, 0.05) is 34.4 Å². The van der Waals surface area contributed by atoms with Crippen LogP contribution in [-0.4, -0.2) is 23.3 Å². The molecule has 1 heterocycles. The molecule has 3 N–H and O–H groups in total. The highest BCUT2D eigenvalue weighted by Crippen LogP contribution is 2.47. The predicted octanol–water partition coefficient (Wildman–Crippen LogP) is 4.21. The van der Waals surface area contributed by atoms with Gasteiger partial charge in [0.1, 0.15) is 5.41 Å². The van der Waals surface area contributed by atoms with E-state index in [2.05, 4.69) is 21.7 Å². The number of carbonyl (C=O) groups is 2. The number of hydrogen-bond donors (Lipinski definition) is 3. The maximum Gasteiger partial charge on any atom is 0.240 e. The summed E-state index contributed by atoms with van der Waals surface area (Å²) >= 11 is 6.02. The molecule has 0 atom stereocenters. The van der Waals surface area contributed by atoms with E-state index in [0.29, 0.717) is 36.5 Å². The maximum absolute atomic E-state index is 12.7. The van der Waals surface area contributed by atoms with E-state index in [-0.39, 0.29) is 11.8 Å². The molecule has 144 valence electrons. The van der Waals surface area contributed by atoms with Gasteiger partial charge in [-0.05, 0) is 55.5 Å². The fourth-order valence-corrected chi connectivity index (χ4v) is 3.64. The number of hydrogen-bond acceptors (Lipinski definition) is 2. The molecule has 1 aliphatic carbocycles. The smallest absolute Gasteiger partial charge is 0.240 e. The van der Waals surface area contributed by atoms with Gasteiger partial charge >= 0.3 is 0 Å². The first-order chi connectivity index (χ1) is 13.5. The Morgan fingerprint density at radius 2 is 1.93 bits per heavy atom. The summed E-state index contributed by atoms with van der Waals surface area (Å²) in [6.07, 6.45) is 3.81. The van der Waals surface area contributed by atoms with Gasteiger partial charge in [-0.3, -0.25) is 9.59 Å². The number of fused-ring (bicyclic) bond motifs is 1. The summed E-state index contributed by atoms with van der Waals surface area (Å²) in [5, 5.41) is 7.52. The van der Waals surface area contributed by atoms with Crippen LogP contribution in [0.1, 0.15) is 24.0 Å². The molecule has 1 fully saturated rings. The Balaban J connectivity index is 1.37. The zero-order valence-electron chi connectivity index (χ0n) is 15.6. The van der Waals surface area contributed by atoms with Gasteiger partial charge in [-0.1, -0.05) is 35.9 Å². The Kier molecular flexibility index (Phi) is 4.85. The summed E-state index contributed by atoms with van der Waals surface area (Å²) in [6, 6.07) is 13.4. The molecule has 5 nitrogen and oxygen atoms in total. The fourth-order valence-electron chi connectivity index (χ4n) is 3.47. The number of halogens is 1. The van der Waals surface area contributed by atoms with Crippen LogP contribution in [-0.2, 0) is 16.0 Å². The second-order valence-electron chi connectivity index (χ2n) is 7.36. The number of anilines is 1. The van der Waals surface area contributed by atoms with Crippen molar-refractivity contribution in [1.29, 1.82) is 0 Å². The van der Waals surface area contributed by atoms with Gasteiger partial charge in [0.15, 0.2) is 0 Å². The van der Waals surface area contributed by atoms with Crippen molar-refractivity contribution in [1.82, 2.24) is 10.3 Å². The van der Waals surface area contributed by atoms with E-state index in [4.69, 9.17) is 11.6 Å². The normalized spacial score (nSPS) is 14.6. The molecule has 6 heteroatoms. The molecule has 0 saturated heterocycles. The number of para-hydroxylation sites is 1. The van der Waals surface area contributed by atoms with E-state index in [0.717, 1.165) is 22.0 Å². The number of aromatic amines is 1. The van der Waals surface area contributed by atoms with Gasteiger partial charge in [-0.25, -0.2) is 0 Å². The minimum atomic E-state index is -0.963. The van der Waals surface area contributed by atoms with Crippen LogP contribution in [0.4, 0.5) is 5.69 Å². The van der Waals surface area contributed by atoms with Gasteiger partial charge in [-0.2, -0.15) is 0 Å². The summed E-state index contributed by atoms with van der Waals surface area (Å²) in [4.78, 5) is 28.7. The van der Waals surface area contributed by atoms with E-state index in [9.17, 15) is 9.59 Å². The van der Waals surface area contributed by atoms with Crippen molar-refractivity contribution < 1.29 is 9.59 Å². The topological polar surface area (TPSA) is 74.0 Å². The predicted molar refractivity (Wildman–Crippen MR) is 111 cm³/mol. The van der Waals surface area contributed by atoms with E-state index in [1.807, 2.05) is 37.4 Å². The van der Waals surface area contributed by atoms with Crippen molar-refractivity contribution in [2.75, 3.05) is 11.9 Å². The molecule has 1 saturated carbocycles. The van der Waals surface area contributed by atoms with Crippen LogP contribution >= 0.6 is 11.6 Å². The van der Waals surface area contributed by atoms with Gasteiger partial charge in [0.05, 0.1) is 0 Å². The highest BCUT2D eigenvalue weighted by atomic mass is 35.5. The van der Waals surface area contributed by atoms with Gasteiger partial charge in [0.25, 0.3) is 0 Å². The second kappa shape index (κ2) is 7.32. The zero-order valence-corrected chi connectivity index (χ0v) is 16.4. The standard InChI is InChI=1S/C22H22ClN3O2/c1-14-6-7-16(23)12-19(14)26-21(28)22(9-10-22)20(27)24-11-8-15-13-25-18-5-3-2-4-17(15)18/h2-7,12-13,25H,8-11H2,1H3,(H,24,27)(H,26,28). The van der Waals surface area contributed by atoms with Crippen molar-refractivity contribution in [3.05, 3.63) is 64.8 Å². The lowest BCUT2D eigenvalue weighted by Gasteiger charge is -2.16. The summed E-state index contributed by atoms with van der Waals surface area (Å²) in [6.45, 7) is 2.39. The molecular weight excluding hydrogens is 374 g/mol. The molecule has 28 heavy (non-hydrogen) atoms. The third kappa shape index (κ3) is 3.50. The lowest BCUT2D eigenvalue weighted by molar-refractivity contribution is -0.134. The number of aromatic nitrogens is 1.